The number of carbonyl (C=O) groups is 3. The fourth-order valence-electron chi connectivity index (χ4n) is 3.42. The molecule has 144 valence electrons. The van der Waals surface area contributed by atoms with Gasteiger partial charge in [-0.1, -0.05) is 0 Å². The number of nitrogens with one attached hydrogen (secondary N) is 1. The lowest BCUT2D eigenvalue weighted by molar-refractivity contribution is -0.116. The summed E-state index contributed by atoms with van der Waals surface area (Å²) in [6, 6.07) is 10.7. The van der Waals surface area contributed by atoms with Gasteiger partial charge in [0.1, 0.15) is 12.2 Å². The number of amides is 3. The van der Waals surface area contributed by atoms with Crippen LogP contribution in [0.25, 0.3) is 0 Å². The average Bonchev–Trinajstić information content (AvgIpc) is 2.94. The number of pyridine rings is 1. The highest BCUT2D eigenvalue weighted by Gasteiger charge is 2.37. The van der Waals surface area contributed by atoms with Crippen LogP contribution < -0.4 is 10.2 Å². The number of hydrogen-bond acceptors (Lipinski definition) is 6. The van der Waals surface area contributed by atoms with Crippen LogP contribution in [0.15, 0.2) is 42.6 Å². The zero-order valence-electron chi connectivity index (χ0n) is 15.6. The number of anilines is 2. The lowest BCUT2D eigenvalue weighted by Gasteiger charge is -2.34. The summed E-state index contributed by atoms with van der Waals surface area (Å²) in [5.41, 5.74) is 2.06. The minimum absolute atomic E-state index is 0.0943. The van der Waals surface area contributed by atoms with Gasteiger partial charge < -0.3 is 15.1 Å². The molecule has 8 nitrogen and oxygen atoms in total. The smallest absolute Gasteiger partial charge is 0.280 e. The summed E-state index contributed by atoms with van der Waals surface area (Å²) in [7, 11) is 2.11. The van der Waals surface area contributed by atoms with E-state index in [2.05, 4.69) is 27.1 Å². The summed E-state index contributed by atoms with van der Waals surface area (Å²) in [4.78, 5) is 46.4. The fourth-order valence-corrected chi connectivity index (χ4v) is 3.42. The van der Waals surface area contributed by atoms with E-state index in [-0.39, 0.29) is 17.8 Å². The van der Waals surface area contributed by atoms with Gasteiger partial charge in [0, 0.05) is 43.8 Å². The zero-order valence-corrected chi connectivity index (χ0v) is 15.6. The van der Waals surface area contributed by atoms with Gasteiger partial charge in [0.05, 0.1) is 5.56 Å². The van der Waals surface area contributed by atoms with Crippen LogP contribution in [0.2, 0.25) is 0 Å². The maximum absolute atomic E-state index is 12.3. The first-order chi connectivity index (χ1) is 13.5. The third-order valence-corrected chi connectivity index (χ3v) is 5.05. The lowest BCUT2D eigenvalue weighted by Crippen LogP contribution is -2.44. The summed E-state index contributed by atoms with van der Waals surface area (Å²) in [5, 5.41) is 2.74. The van der Waals surface area contributed by atoms with E-state index in [1.54, 1.807) is 6.07 Å². The van der Waals surface area contributed by atoms with Crippen LogP contribution in [-0.4, -0.2) is 72.3 Å². The van der Waals surface area contributed by atoms with Crippen molar-refractivity contribution < 1.29 is 14.4 Å². The molecule has 0 aliphatic carbocycles. The van der Waals surface area contributed by atoms with Crippen LogP contribution in [-0.2, 0) is 4.79 Å². The van der Waals surface area contributed by atoms with Gasteiger partial charge in [-0.2, -0.15) is 0 Å². The third kappa shape index (κ3) is 3.46. The van der Waals surface area contributed by atoms with Crippen molar-refractivity contribution in [3.63, 3.8) is 0 Å². The summed E-state index contributed by atoms with van der Waals surface area (Å²) >= 11 is 0. The van der Waals surface area contributed by atoms with Gasteiger partial charge in [0.25, 0.3) is 11.8 Å². The molecule has 0 radical (unpaired) electrons. The summed E-state index contributed by atoms with van der Waals surface area (Å²) in [6.07, 6.45) is 1.45. The number of nitrogens with zero attached hydrogens (tertiary/aromatic N) is 4. The number of rotatable bonds is 4. The van der Waals surface area contributed by atoms with E-state index in [1.165, 1.54) is 12.3 Å². The molecule has 0 atom stereocenters. The predicted molar refractivity (Wildman–Crippen MR) is 104 cm³/mol. The van der Waals surface area contributed by atoms with Gasteiger partial charge in [-0.15, -0.1) is 0 Å². The Hall–Kier alpha value is -3.26. The van der Waals surface area contributed by atoms with E-state index in [4.69, 9.17) is 0 Å². The van der Waals surface area contributed by atoms with Crippen LogP contribution >= 0.6 is 0 Å². The number of aromatic nitrogens is 1. The first kappa shape index (κ1) is 18.1. The van der Waals surface area contributed by atoms with Crippen molar-refractivity contribution in [2.75, 3.05) is 50.0 Å². The van der Waals surface area contributed by atoms with Gasteiger partial charge in [-0.05, 0) is 43.4 Å². The van der Waals surface area contributed by atoms with Crippen molar-refractivity contribution in [3.05, 3.63) is 53.9 Å². The van der Waals surface area contributed by atoms with Gasteiger partial charge in [-0.25, -0.2) is 0 Å². The number of piperazine rings is 1. The molecule has 1 fully saturated rings. The standard InChI is InChI=1S/C20H21N5O3/c1-23-9-11-24(12-10-23)15-6-4-14(5-7-15)22-17(26)13-25-19(27)16-3-2-8-21-18(16)20(25)28/h2-8H,9-13H2,1H3,(H,22,26). The molecule has 3 heterocycles. The molecule has 2 aliphatic heterocycles. The van der Waals surface area contributed by atoms with E-state index >= 15 is 0 Å². The van der Waals surface area contributed by atoms with Crippen LogP contribution in [0.3, 0.4) is 0 Å². The van der Waals surface area contributed by atoms with Crippen LogP contribution in [0.5, 0.6) is 0 Å². The molecule has 1 aromatic carbocycles. The van der Waals surface area contributed by atoms with Crippen LogP contribution in [0, 0.1) is 0 Å². The van der Waals surface area contributed by atoms with Gasteiger partial charge in [0.15, 0.2) is 0 Å². The van der Waals surface area contributed by atoms with Crippen molar-refractivity contribution in [1.82, 2.24) is 14.8 Å². The molecule has 2 aromatic rings. The molecule has 0 spiro atoms. The first-order valence-electron chi connectivity index (χ1n) is 9.17. The number of hydrogen-bond donors (Lipinski definition) is 1. The SMILES string of the molecule is CN1CCN(c2ccc(NC(=O)CN3C(=O)c4cccnc4C3=O)cc2)CC1. The van der Waals surface area contributed by atoms with Gasteiger partial charge in [-0.3, -0.25) is 24.3 Å². The monoisotopic (exact) mass is 379 g/mol. The largest absolute Gasteiger partial charge is 0.369 e. The zero-order chi connectivity index (χ0) is 19.7. The fraction of sp³-hybridized carbons (Fsp3) is 0.300. The normalized spacial score (nSPS) is 17.0. The Labute approximate surface area is 162 Å². The van der Waals surface area contributed by atoms with E-state index in [9.17, 15) is 14.4 Å². The molecule has 8 heteroatoms. The summed E-state index contributed by atoms with van der Waals surface area (Å²) in [5.74, 6) is -1.46. The molecule has 4 rings (SSSR count). The third-order valence-electron chi connectivity index (χ3n) is 5.05. The molecule has 3 amide bonds. The maximum atomic E-state index is 12.3. The Kier molecular flexibility index (Phi) is 4.79. The second-order valence-electron chi connectivity index (χ2n) is 6.98. The van der Waals surface area contributed by atoms with Gasteiger partial charge >= 0.3 is 0 Å². The Morgan fingerprint density at radius 3 is 2.43 bits per heavy atom. The van der Waals surface area contributed by atoms with Crippen molar-refractivity contribution in [2.24, 2.45) is 0 Å². The number of carbonyl (C=O) groups excluding carboxylic acids is 3. The first-order valence-corrected chi connectivity index (χ1v) is 9.17. The second kappa shape index (κ2) is 7.40. The van der Waals surface area contributed by atoms with E-state index in [1.807, 2.05) is 24.3 Å². The minimum atomic E-state index is -0.541. The van der Waals surface area contributed by atoms with E-state index < -0.39 is 17.7 Å². The minimum Gasteiger partial charge on any atom is -0.369 e. The van der Waals surface area contributed by atoms with E-state index in [0.717, 1.165) is 36.8 Å². The van der Waals surface area contributed by atoms with Crippen molar-refractivity contribution in [3.8, 4) is 0 Å². The van der Waals surface area contributed by atoms with Gasteiger partial charge in [0.2, 0.25) is 5.91 Å². The van der Waals surface area contributed by atoms with Crippen molar-refractivity contribution in [2.45, 2.75) is 0 Å². The number of benzene rings is 1. The molecule has 1 N–H and O–H groups in total. The van der Waals surface area contributed by atoms with E-state index in [0.29, 0.717) is 5.69 Å². The Balaban J connectivity index is 1.37. The maximum Gasteiger partial charge on any atom is 0.280 e. The molecular formula is C20H21N5O3. The Bertz CT molecular complexity index is 885. The Morgan fingerprint density at radius 1 is 1.04 bits per heavy atom. The second-order valence-corrected chi connectivity index (χ2v) is 6.98. The number of imide groups is 1. The quantitative estimate of drug-likeness (QED) is 0.800. The average molecular weight is 379 g/mol. The van der Waals surface area contributed by atoms with Crippen LogP contribution in [0.4, 0.5) is 11.4 Å². The lowest BCUT2D eigenvalue weighted by atomic mass is 10.2. The topological polar surface area (TPSA) is 85.8 Å². The molecule has 0 saturated carbocycles. The highest BCUT2D eigenvalue weighted by atomic mass is 16.2. The van der Waals surface area contributed by atoms with Crippen molar-refractivity contribution >= 4 is 29.1 Å². The van der Waals surface area contributed by atoms with Crippen molar-refractivity contribution in [1.29, 1.82) is 0 Å². The molecular weight excluding hydrogens is 358 g/mol. The molecule has 1 saturated heterocycles. The molecule has 28 heavy (non-hydrogen) atoms. The number of fused-ring (bicyclic) bond motifs is 1. The highest BCUT2D eigenvalue weighted by Crippen LogP contribution is 2.21. The molecule has 0 bridgehead atoms. The summed E-state index contributed by atoms with van der Waals surface area (Å²) < 4.78 is 0. The number of likely N-dealkylation sites (N-methyl/N-ethyl adjacent to an activating group) is 1. The molecule has 2 aliphatic rings. The highest BCUT2D eigenvalue weighted by molar-refractivity contribution is 6.21. The van der Waals surface area contributed by atoms with Crippen LogP contribution in [0.1, 0.15) is 20.8 Å². The molecule has 1 aromatic heterocycles. The predicted octanol–water partition coefficient (Wildman–Crippen LogP) is 1.07. The summed E-state index contributed by atoms with van der Waals surface area (Å²) in [6.45, 7) is 3.64. The Morgan fingerprint density at radius 2 is 1.75 bits per heavy atom. The molecule has 0 unspecified atom stereocenters.